The number of carbonyl (C=O) groups is 1. The predicted octanol–water partition coefficient (Wildman–Crippen LogP) is 3.67. The maximum Gasteiger partial charge on any atom is 0.250 e. The zero-order valence-corrected chi connectivity index (χ0v) is 16.8. The Balaban J connectivity index is 1.55. The molecule has 0 saturated heterocycles. The molecule has 1 heterocycles. The highest BCUT2D eigenvalue weighted by molar-refractivity contribution is 9.10. The van der Waals surface area contributed by atoms with Crippen LogP contribution in [0.1, 0.15) is 12.5 Å². The van der Waals surface area contributed by atoms with Crippen molar-refractivity contribution in [3.63, 3.8) is 0 Å². The van der Waals surface area contributed by atoms with Gasteiger partial charge in [-0.15, -0.1) is 0 Å². The summed E-state index contributed by atoms with van der Waals surface area (Å²) in [6.07, 6.45) is 1.48. The molecule has 27 heavy (non-hydrogen) atoms. The molecule has 3 N–H and O–H groups in total. The lowest BCUT2D eigenvalue weighted by atomic mass is 10.2. The fourth-order valence-corrected chi connectivity index (χ4v) is 3.41. The number of benzene rings is 2. The first-order valence-electron chi connectivity index (χ1n) is 8.11. The molecule has 0 saturated carbocycles. The number of aromatic hydroxyl groups is 1. The van der Waals surface area contributed by atoms with Gasteiger partial charge in [0.1, 0.15) is 0 Å². The number of phenolic OH excluding ortho intramolecular Hbond substituents is 1. The van der Waals surface area contributed by atoms with Gasteiger partial charge in [-0.25, -0.2) is 10.4 Å². The first-order valence-corrected chi connectivity index (χ1v) is 9.89. The first-order chi connectivity index (χ1) is 13.1. The Bertz CT molecular complexity index is 957. The predicted molar refractivity (Wildman–Crippen MR) is 110 cm³/mol. The highest BCUT2D eigenvalue weighted by atomic mass is 79.9. The fourth-order valence-electron chi connectivity index (χ4n) is 2.28. The Labute approximate surface area is 168 Å². The van der Waals surface area contributed by atoms with E-state index in [9.17, 15) is 9.90 Å². The van der Waals surface area contributed by atoms with Crippen LogP contribution in [0.5, 0.6) is 11.5 Å². The van der Waals surface area contributed by atoms with Gasteiger partial charge in [-0.1, -0.05) is 23.9 Å². The summed E-state index contributed by atoms with van der Waals surface area (Å²) in [6.45, 7) is 2.25. The topological polar surface area (TPSA) is 99.6 Å². The summed E-state index contributed by atoms with van der Waals surface area (Å²) in [5, 5.41) is 14.5. The number of para-hydroxylation sites is 2. The maximum atomic E-state index is 12.0. The molecule has 1 amide bonds. The molecule has 0 bridgehead atoms. The number of phenols is 1. The Morgan fingerprint density at radius 2 is 2.26 bits per heavy atom. The van der Waals surface area contributed by atoms with Crippen molar-refractivity contribution in [1.82, 2.24) is 15.4 Å². The van der Waals surface area contributed by atoms with Crippen molar-refractivity contribution in [2.24, 2.45) is 5.10 Å². The van der Waals surface area contributed by atoms with Crippen LogP contribution in [-0.2, 0) is 4.79 Å². The van der Waals surface area contributed by atoms with Gasteiger partial charge in [-0.3, -0.25) is 4.79 Å². The lowest BCUT2D eigenvalue weighted by molar-refractivity contribution is -0.118. The van der Waals surface area contributed by atoms with Crippen LogP contribution in [0.25, 0.3) is 11.0 Å². The number of thioether (sulfide) groups is 1. The quantitative estimate of drug-likeness (QED) is 0.290. The number of amides is 1. The fraction of sp³-hybridized carbons (Fsp3) is 0.167. The molecule has 0 aliphatic heterocycles. The van der Waals surface area contributed by atoms with Crippen molar-refractivity contribution in [3.8, 4) is 11.5 Å². The molecule has 0 radical (unpaired) electrons. The minimum atomic E-state index is -0.250. The highest BCUT2D eigenvalue weighted by Gasteiger charge is 2.09. The van der Waals surface area contributed by atoms with Crippen LogP contribution in [0.3, 0.4) is 0 Å². The number of aromatic nitrogens is 2. The first kappa shape index (κ1) is 19.2. The molecule has 3 rings (SSSR count). The Kier molecular flexibility index (Phi) is 6.36. The average Bonchev–Trinajstić information content (AvgIpc) is 3.07. The molecule has 2 aromatic carbocycles. The average molecular weight is 449 g/mol. The second-order valence-corrected chi connectivity index (χ2v) is 7.24. The molecule has 140 valence electrons. The monoisotopic (exact) mass is 448 g/mol. The van der Waals surface area contributed by atoms with Crippen molar-refractivity contribution in [1.29, 1.82) is 0 Å². The van der Waals surface area contributed by atoms with Crippen LogP contribution >= 0.6 is 27.7 Å². The van der Waals surface area contributed by atoms with Gasteiger partial charge in [0, 0.05) is 0 Å². The van der Waals surface area contributed by atoms with E-state index in [2.05, 4.69) is 36.4 Å². The van der Waals surface area contributed by atoms with Gasteiger partial charge in [0.15, 0.2) is 16.7 Å². The number of rotatable bonds is 7. The van der Waals surface area contributed by atoms with Gasteiger partial charge in [0.2, 0.25) is 0 Å². The van der Waals surface area contributed by atoms with Crippen molar-refractivity contribution in [3.05, 3.63) is 46.4 Å². The molecule has 0 fully saturated rings. The van der Waals surface area contributed by atoms with Crippen molar-refractivity contribution < 1.29 is 14.6 Å². The van der Waals surface area contributed by atoms with Gasteiger partial charge < -0.3 is 14.8 Å². The number of aromatic amines is 1. The summed E-state index contributed by atoms with van der Waals surface area (Å²) < 4.78 is 5.84. The number of hydrazone groups is 1. The number of carbonyl (C=O) groups excluding carboxylic acids is 1. The Morgan fingerprint density at radius 1 is 1.44 bits per heavy atom. The van der Waals surface area contributed by atoms with E-state index in [0.29, 0.717) is 27.5 Å². The van der Waals surface area contributed by atoms with Crippen molar-refractivity contribution in [2.45, 2.75) is 12.1 Å². The zero-order valence-electron chi connectivity index (χ0n) is 14.4. The lowest BCUT2D eigenvalue weighted by Crippen LogP contribution is -2.19. The minimum absolute atomic E-state index is 0.0280. The van der Waals surface area contributed by atoms with Crippen LogP contribution in [0.4, 0.5) is 0 Å². The van der Waals surface area contributed by atoms with Gasteiger partial charge in [-0.2, -0.15) is 5.10 Å². The zero-order chi connectivity index (χ0) is 19.2. The number of halogens is 1. The van der Waals surface area contributed by atoms with E-state index < -0.39 is 0 Å². The number of hydrogen-bond donors (Lipinski definition) is 3. The minimum Gasteiger partial charge on any atom is -0.503 e. The third-order valence-corrected chi connectivity index (χ3v) is 4.94. The van der Waals surface area contributed by atoms with E-state index in [1.54, 1.807) is 12.1 Å². The third kappa shape index (κ3) is 5.01. The lowest BCUT2D eigenvalue weighted by Gasteiger charge is -2.08. The summed E-state index contributed by atoms with van der Waals surface area (Å²) in [5.41, 5.74) is 4.94. The summed E-state index contributed by atoms with van der Waals surface area (Å²) >= 11 is 4.56. The SMILES string of the molecule is CCOc1cc(/C=N/NC(=O)CSc2nc3ccccc3[nH]2)cc(Br)c1O. The van der Waals surface area contributed by atoms with E-state index in [1.807, 2.05) is 31.2 Å². The van der Waals surface area contributed by atoms with Crippen LogP contribution in [0, 0.1) is 0 Å². The molecule has 0 aliphatic carbocycles. The summed E-state index contributed by atoms with van der Waals surface area (Å²) in [4.78, 5) is 19.5. The molecule has 7 nitrogen and oxygen atoms in total. The highest BCUT2D eigenvalue weighted by Crippen LogP contribution is 2.35. The second-order valence-electron chi connectivity index (χ2n) is 5.42. The molecule has 0 atom stereocenters. The van der Waals surface area contributed by atoms with Crippen LogP contribution in [-0.4, -0.2) is 39.6 Å². The van der Waals surface area contributed by atoms with Gasteiger partial charge in [-0.05, 0) is 52.7 Å². The third-order valence-electron chi connectivity index (χ3n) is 3.46. The number of nitrogens with one attached hydrogen (secondary N) is 2. The van der Waals surface area contributed by atoms with E-state index >= 15 is 0 Å². The van der Waals surface area contributed by atoms with Crippen molar-refractivity contribution in [2.75, 3.05) is 12.4 Å². The molecule has 0 spiro atoms. The van der Waals surface area contributed by atoms with Crippen LogP contribution in [0.15, 0.2) is 51.1 Å². The van der Waals surface area contributed by atoms with E-state index in [0.717, 1.165) is 11.0 Å². The number of hydrogen-bond acceptors (Lipinski definition) is 6. The molecule has 9 heteroatoms. The maximum absolute atomic E-state index is 12.0. The normalized spacial score (nSPS) is 11.2. The Hall–Kier alpha value is -2.52. The van der Waals surface area contributed by atoms with E-state index in [1.165, 1.54) is 18.0 Å². The number of imidazole rings is 1. The number of fused-ring (bicyclic) bond motifs is 1. The molecule has 0 aliphatic rings. The van der Waals surface area contributed by atoms with Gasteiger partial charge >= 0.3 is 0 Å². The van der Waals surface area contributed by atoms with Crippen LogP contribution in [0.2, 0.25) is 0 Å². The van der Waals surface area contributed by atoms with Gasteiger partial charge in [0.05, 0.1) is 34.1 Å². The van der Waals surface area contributed by atoms with Gasteiger partial charge in [0.25, 0.3) is 5.91 Å². The summed E-state index contributed by atoms with van der Waals surface area (Å²) in [7, 11) is 0. The molecule has 3 aromatic rings. The second kappa shape index (κ2) is 8.92. The number of H-pyrrole nitrogens is 1. The standard InChI is InChI=1S/C18H17BrN4O3S/c1-2-26-15-8-11(7-12(19)17(15)25)9-20-23-16(24)10-27-18-21-13-5-3-4-6-14(13)22-18/h3-9,25H,2,10H2,1H3,(H,21,22)(H,23,24)/b20-9+. The summed E-state index contributed by atoms with van der Waals surface area (Å²) in [5.74, 6) is 0.306. The molecular formula is C18H17BrN4O3S. The van der Waals surface area contributed by atoms with E-state index in [4.69, 9.17) is 4.74 Å². The number of ether oxygens (including phenoxy) is 1. The van der Waals surface area contributed by atoms with E-state index in [-0.39, 0.29) is 17.4 Å². The largest absolute Gasteiger partial charge is 0.503 e. The van der Waals surface area contributed by atoms with Crippen molar-refractivity contribution >= 4 is 50.8 Å². The van der Waals surface area contributed by atoms with Crippen LogP contribution < -0.4 is 10.2 Å². The number of nitrogens with zero attached hydrogens (tertiary/aromatic N) is 2. The molecule has 1 aromatic heterocycles. The summed E-state index contributed by atoms with van der Waals surface area (Å²) in [6, 6.07) is 11.0. The Morgan fingerprint density at radius 3 is 3.04 bits per heavy atom. The molecular weight excluding hydrogens is 432 g/mol. The smallest absolute Gasteiger partial charge is 0.250 e. The molecule has 0 unspecified atom stereocenters.